The summed E-state index contributed by atoms with van der Waals surface area (Å²) in [5, 5.41) is 6.88. The van der Waals surface area contributed by atoms with Gasteiger partial charge in [-0.05, 0) is 25.7 Å². The molecule has 0 spiro atoms. The summed E-state index contributed by atoms with van der Waals surface area (Å²) in [5.41, 5.74) is 0.0333. The highest BCUT2D eigenvalue weighted by molar-refractivity contribution is 5.85. The average Bonchev–Trinajstić information content (AvgIpc) is 3.15. The molecule has 2 fully saturated rings. The van der Waals surface area contributed by atoms with Crippen LogP contribution in [0.2, 0.25) is 0 Å². The number of nitrogens with zero attached hydrogens (tertiary/aromatic N) is 2. The van der Waals surface area contributed by atoms with Crippen LogP contribution in [0.5, 0.6) is 0 Å². The van der Waals surface area contributed by atoms with Crippen molar-refractivity contribution in [3.05, 3.63) is 0 Å². The van der Waals surface area contributed by atoms with Crippen LogP contribution in [0.4, 0.5) is 0 Å². The molecule has 2 aliphatic rings. The molecule has 1 aliphatic carbocycles. The molecular formula is C20H38N4O3. The Hall–Kier alpha value is -1.34. The van der Waals surface area contributed by atoms with Crippen molar-refractivity contribution in [3.63, 3.8) is 0 Å². The monoisotopic (exact) mass is 382 g/mol. The van der Waals surface area contributed by atoms with Crippen LogP contribution in [0.1, 0.15) is 52.9 Å². The third-order valence-electron chi connectivity index (χ3n) is 5.70. The van der Waals surface area contributed by atoms with E-state index in [1.807, 2.05) is 0 Å². The largest absolute Gasteiger partial charge is 0.378 e. The van der Waals surface area contributed by atoms with E-state index in [0.717, 1.165) is 45.3 Å². The molecule has 1 aliphatic heterocycles. The van der Waals surface area contributed by atoms with Gasteiger partial charge in [-0.2, -0.15) is 0 Å². The summed E-state index contributed by atoms with van der Waals surface area (Å²) in [5.74, 6) is 0.674. The van der Waals surface area contributed by atoms with Gasteiger partial charge in [0.25, 0.3) is 0 Å². The zero-order chi connectivity index (χ0) is 19.9. The van der Waals surface area contributed by atoms with E-state index in [0.29, 0.717) is 12.5 Å². The lowest BCUT2D eigenvalue weighted by molar-refractivity contribution is -0.127. The molecule has 3 unspecified atom stereocenters. The first-order chi connectivity index (χ1) is 12.8. The second kappa shape index (κ2) is 10.3. The molecule has 1 amide bonds. The average molecular weight is 383 g/mol. The molecule has 7 nitrogen and oxygen atoms in total. The van der Waals surface area contributed by atoms with E-state index in [2.05, 4.69) is 36.4 Å². The summed E-state index contributed by atoms with van der Waals surface area (Å²) in [6.45, 7) is 9.14. The maximum Gasteiger partial charge on any atom is 0.243 e. The van der Waals surface area contributed by atoms with Crippen LogP contribution in [0.3, 0.4) is 0 Å². The van der Waals surface area contributed by atoms with E-state index >= 15 is 0 Å². The number of likely N-dealkylation sites (N-methyl/N-ethyl adjacent to an activating group) is 1. The number of ether oxygens (including phenoxy) is 2. The van der Waals surface area contributed by atoms with Crippen molar-refractivity contribution in [2.45, 2.75) is 71.1 Å². The number of rotatable bonds is 9. The summed E-state index contributed by atoms with van der Waals surface area (Å²) in [4.78, 5) is 18.0. The molecule has 1 heterocycles. The fraction of sp³-hybridized carbons (Fsp3) is 0.900. The van der Waals surface area contributed by atoms with Gasteiger partial charge >= 0.3 is 0 Å². The number of hydrogen-bond donors (Lipinski definition) is 2. The molecule has 0 aromatic carbocycles. The van der Waals surface area contributed by atoms with E-state index in [-0.39, 0.29) is 36.1 Å². The van der Waals surface area contributed by atoms with Gasteiger partial charge in [0.05, 0.1) is 12.2 Å². The van der Waals surface area contributed by atoms with Gasteiger partial charge in [-0.1, -0.05) is 27.2 Å². The Kier molecular flexibility index (Phi) is 8.35. The molecule has 27 heavy (non-hydrogen) atoms. The number of unbranched alkanes of at least 4 members (excludes halogenated alkanes) is 1. The lowest BCUT2D eigenvalue weighted by atomic mass is 9.64. The van der Waals surface area contributed by atoms with Crippen LogP contribution in [0, 0.1) is 5.41 Å². The number of hydrogen-bond acceptors (Lipinski definition) is 4. The van der Waals surface area contributed by atoms with Gasteiger partial charge in [0.2, 0.25) is 5.91 Å². The van der Waals surface area contributed by atoms with Crippen molar-refractivity contribution in [2.24, 2.45) is 10.4 Å². The van der Waals surface area contributed by atoms with E-state index in [9.17, 15) is 4.79 Å². The van der Waals surface area contributed by atoms with E-state index in [4.69, 9.17) is 9.47 Å². The molecule has 1 saturated heterocycles. The molecular weight excluding hydrogens is 344 g/mol. The molecule has 0 aromatic heterocycles. The molecule has 2 N–H and O–H groups in total. The predicted molar refractivity (Wildman–Crippen MR) is 108 cm³/mol. The summed E-state index contributed by atoms with van der Waals surface area (Å²) in [7, 11) is 3.50. The number of amides is 1. The molecule has 7 heteroatoms. The molecule has 0 bridgehead atoms. The first-order valence-corrected chi connectivity index (χ1v) is 10.3. The number of carbonyl (C=O) groups is 1. The van der Waals surface area contributed by atoms with Crippen LogP contribution in [0.25, 0.3) is 0 Å². The molecule has 0 radical (unpaired) electrons. The predicted octanol–water partition coefficient (Wildman–Crippen LogP) is 1.77. The highest BCUT2D eigenvalue weighted by Crippen LogP contribution is 2.42. The van der Waals surface area contributed by atoms with Crippen molar-refractivity contribution in [1.29, 1.82) is 0 Å². The maximum absolute atomic E-state index is 11.9. The lowest BCUT2D eigenvalue weighted by Crippen LogP contribution is -2.63. The molecule has 1 saturated carbocycles. The lowest BCUT2D eigenvalue weighted by Gasteiger charge is -2.52. The standard InChI is InChI=1S/C20H38N4O3/c1-6-7-10-27-17-12-16(20(17,2)3)23-19(22-14-18(25)24(4)5)21-13-15-9-8-11-26-15/h15-17H,6-14H2,1-5H3,(H2,21,22,23). The van der Waals surface area contributed by atoms with Crippen LogP contribution >= 0.6 is 0 Å². The summed E-state index contributed by atoms with van der Waals surface area (Å²) in [6.07, 6.45) is 5.88. The molecule has 0 aromatic rings. The van der Waals surface area contributed by atoms with Crippen LogP contribution in [-0.4, -0.2) is 75.4 Å². The van der Waals surface area contributed by atoms with Gasteiger partial charge in [-0.3, -0.25) is 4.79 Å². The highest BCUT2D eigenvalue weighted by Gasteiger charge is 2.49. The summed E-state index contributed by atoms with van der Waals surface area (Å²) >= 11 is 0. The van der Waals surface area contributed by atoms with Gasteiger partial charge < -0.3 is 25.0 Å². The SMILES string of the molecule is CCCCOC1CC(NC(=NCC(=O)N(C)C)NCC2CCCO2)C1(C)C. The smallest absolute Gasteiger partial charge is 0.243 e. The summed E-state index contributed by atoms with van der Waals surface area (Å²) in [6, 6.07) is 0.273. The van der Waals surface area contributed by atoms with Crippen LogP contribution in [0.15, 0.2) is 4.99 Å². The minimum atomic E-state index is -0.0122. The van der Waals surface area contributed by atoms with Crippen molar-refractivity contribution in [1.82, 2.24) is 15.5 Å². The van der Waals surface area contributed by atoms with Gasteiger partial charge in [-0.25, -0.2) is 4.99 Å². The van der Waals surface area contributed by atoms with Gasteiger partial charge in [-0.15, -0.1) is 0 Å². The zero-order valence-electron chi connectivity index (χ0n) is 17.7. The Bertz CT molecular complexity index is 501. The van der Waals surface area contributed by atoms with Crippen molar-refractivity contribution in [2.75, 3.05) is 40.4 Å². The Labute approximate surface area is 164 Å². The third-order valence-corrected chi connectivity index (χ3v) is 5.70. The van der Waals surface area contributed by atoms with Crippen molar-refractivity contribution < 1.29 is 14.3 Å². The Morgan fingerprint density at radius 3 is 2.74 bits per heavy atom. The zero-order valence-corrected chi connectivity index (χ0v) is 17.7. The Morgan fingerprint density at radius 2 is 2.15 bits per heavy atom. The maximum atomic E-state index is 11.9. The first kappa shape index (κ1) is 22.0. The number of aliphatic imine (C=N–C) groups is 1. The Morgan fingerprint density at radius 1 is 1.37 bits per heavy atom. The Balaban J connectivity index is 1.90. The fourth-order valence-electron chi connectivity index (χ4n) is 3.40. The van der Waals surface area contributed by atoms with Crippen molar-refractivity contribution in [3.8, 4) is 0 Å². The normalized spacial score (nSPS) is 27.1. The number of nitrogens with one attached hydrogen (secondary N) is 2. The third kappa shape index (κ3) is 6.35. The first-order valence-electron chi connectivity index (χ1n) is 10.3. The minimum Gasteiger partial charge on any atom is -0.378 e. The van der Waals surface area contributed by atoms with Crippen molar-refractivity contribution >= 4 is 11.9 Å². The second-order valence-corrected chi connectivity index (χ2v) is 8.44. The molecule has 3 atom stereocenters. The van der Waals surface area contributed by atoms with Crippen LogP contribution in [-0.2, 0) is 14.3 Å². The quantitative estimate of drug-likeness (QED) is 0.361. The van der Waals surface area contributed by atoms with E-state index < -0.39 is 0 Å². The van der Waals surface area contributed by atoms with Gasteiger partial charge in [0, 0.05) is 45.3 Å². The number of carbonyl (C=O) groups excluding carboxylic acids is 1. The molecule has 2 rings (SSSR count). The van der Waals surface area contributed by atoms with Gasteiger partial charge in [0.1, 0.15) is 6.54 Å². The highest BCUT2D eigenvalue weighted by atomic mass is 16.5. The summed E-state index contributed by atoms with van der Waals surface area (Å²) < 4.78 is 11.7. The number of guanidine groups is 1. The van der Waals surface area contributed by atoms with Crippen LogP contribution < -0.4 is 10.6 Å². The van der Waals surface area contributed by atoms with E-state index in [1.165, 1.54) is 0 Å². The topological polar surface area (TPSA) is 75.2 Å². The van der Waals surface area contributed by atoms with E-state index in [1.54, 1.807) is 19.0 Å². The fourth-order valence-corrected chi connectivity index (χ4v) is 3.40. The second-order valence-electron chi connectivity index (χ2n) is 8.44. The molecule has 156 valence electrons. The van der Waals surface area contributed by atoms with Gasteiger partial charge in [0.15, 0.2) is 5.96 Å². The minimum absolute atomic E-state index is 0.0122.